The van der Waals surface area contributed by atoms with Crippen LogP contribution in [0.1, 0.15) is 57.2 Å². The highest BCUT2D eigenvalue weighted by atomic mass is 32.2. The first-order valence-corrected chi connectivity index (χ1v) is 13.6. The van der Waals surface area contributed by atoms with Crippen LogP contribution in [0.25, 0.3) is 0 Å². The lowest BCUT2D eigenvalue weighted by Gasteiger charge is -2.28. The van der Waals surface area contributed by atoms with Gasteiger partial charge in [-0.3, -0.25) is 0 Å². The van der Waals surface area contributed by atoms with Crippen LogP contribution in [0.15, 0.2) is 65.0 Å². The van der Waals surface area contributed by atoms with Gasteiger partial charge in [0.15, 0.2) is 11.5 Å². The maximum absolute atomic E-state index is 13.5. The third kappa shape index (κ3) is 6.28. The van der Waals surface area contributed by atoms with Crippen LogP contribution < -0.4 is 14.8 Å². The van der Waals surface area contributed by atoms with Crippen molar-refractivity contribution in [1.82, 2.24) is 14.8 Å². The summed E-state index contributed by atoms with van der Waals surface area (Å²) in [6.45, 7) is 6.88. The number of nitrogens with zero attached hydrogens (tertiary/aromatic N) is 3. The Balaban J connectivity index is 1.68. The molecule has 0 fully saturated rings. The van der Waals surface area contributed by atoms with Crippen molar-refractivity contribution in [3.8, 4) is 11.5 Å². The molecule has 0 radical (unpaired) electrons. The fourth-order valence-corrected chi connectivity index (χ4v) is 4.76. The van der Waals surface area contributed by atoms with Gasteiger partial charge in [0.25, 0.3) is 0 Å². The average molecular weight is 523 g/mol. The molecule has 196 valence electrons. The molecule has 1 aliphatic rings. The molecular weight excluding hydrogens is 488 g/mol. The number of hydrogen-bond acceptors (Lipinski definition) is 8. The van der Waals surface area contributed by atoms with Crippen molar-refractivity contribution < 1.29 is 19.0 Å². The summed E-state index contributed by atoms with van der Waals surface area (Å²) in [4.78, 5) is 18.1. The summed E-state index contributed by atoms with van der Waals surface area (Å²) in [5, 5.41) is 8.61. The number of nitrogens with one attached hydrogen (secondary N) is 1. The van der Waals surface area contributed by atoms with Gasteiger partial charge in [-0.2, -0.15) is 4.98 Å². The number of carbonyl (C=O) groups excluding carboxylic acids is 1. The first-order valence-electron chi connectivity index (χ1n) is 12.6. The third-order valence-electron chi connectivity index (χ3n) is 6.05. The molecule has 1 N–H and O–H groups in total. The Hall–Kier alpha value is -3.46. The molecule has 1 atom stereocenters. The Kier molecular flexibility index (Phi) is 9.11. The Morgan fingerprint density at radius 1 is 1.11 bits per heavy atom. The van der Waals surface area contributed by atoms with Crippen molar-refractivity contribution in [3.05, 3.63) is 70.9 Å². The molecule has 1 unspecified atom stereocenters. The van der Waals surface area contributed by atoms with Crippen molar-refractivity contribution in [2.75, 3.05) is 24.8 Å². The van der Waals surface area contributed by atoms with Crippen molar-refractivity contribution in [2.24, 2.45) is 0 Å². The van der Waals surface area contributed by atoms with Crippen molar-refractivity contribution in [1.29, 1.82) is 0 Å². The van der Waals surface area contributed by atoms with Gasteiger partial charge in [0.1, 0.15) is 12.6 Å². The number of thioether (sulfide) groups is 1. The van der Waals surface area contributed by atoms with E-state index in [1.165, 1.54) is 0 Å². The molecule has 9 heteroatoms. The molecular formula is C28H34N4O4S. The van der Waals surface area contributed by atoms with E-state index in [0.717, 1.165) is 36.1 Å². The summed E-state index contributed by atoms with van der Waals surface area (Å²) in [5.41, 5.74) is 2.89. The Labute approximate surface area is 222 Å². The number of anilines is 1. The molecule has 0 aliphatic carbocycles. The van der Waals surface area contributed by atoms with Gasteiger partial charge < -0.3 is 19.5 Å². The van der Waals surface area contributed by atoms with Gasteiger partial charge in [0.2, 0.25) is 11.1 Å². The van der Waals surface area contributed by atoms with Crippen LogP contribution in [0, 0.1) is 0 Å². The molecule has 8 nitrogen and oxygen atoms in total. The summed E-state index contributed by atoms with van der Waals surface area (Å²) in [5.74, 6) is 2.28. The fourth-order valence-electron chi connectivity index (χ4n) is 4.20. The number of aromatic nitrogens is 3. The second-order valence-electron chi connectivity index (χ2n) is 8.69. The molecule has 3 aromatic rings. The number of esters is 1. The summed E-state index contributed by atoms with van der Waals surface area (Å²) in [7, 11) is 1.62. The van der Waals surface area contributed by atoms with Gasteiger partial charge in [0.05, 0.1) is 19.3 Å². The molecule has 4 rings (SSSR count). The van der Waals surface area contributed by atoms with E-state index in [4.69, 9.17) is 19.3 Å². The third-order valence-corrected chi connectivity index (χ3v) is 6.77. The lowest BCUT2D eigenvalue weighted by atomic mass is 9.95. The molecule has 37 heavy (non-hydrogen) atoms. The molecule has 1 aliphatic heterocycles. The quantitative estimate of drug-likeness (QED) is 0.176. The van der Waals surface area contributed by atoms with E-state index in [9.17, 15) is 4.79 Å². The largest absolute Gasteiger partial charge is 0.493 e. The Bertz CT molecular complexity index is 1240. The lowest BCUT2D eigenvalue weighted by Crippen LogP contribution is -2.29. The predicted molar refractivity (Wildman–Crippen MR) is 145 cm³/mol. The first kappa shape index (κ1) is 26.6. The van der Waals surface area contributed by atoms with Crippen molar-refractivity contribution in [3.63, 3.8) is 0 Å². The molecule has 0 saturated carbocycles. The highest BCUT2D eigenvalue weighted by molar-refractivity contribution is 7.99. The van der Waals surface area contributed by atoms with Crippen LogP contribution in [-0.2, 0) is 16.1 Å². The van der Waals surface area contributed by atoms with E-state index in [1.54, 1.807) is 23.6 Å². The highest BCUT2D eigenvalue weighted by Gasteiger charge is 2.35. The maximum Gasteiger partial charge on any atom is 0.338 e. The summed E-state index contributed by atoms with van der Waals surface area (Å²) < 4.78 is 19.2. The van der Waals surface area contributed by atoms with Gasteiger partial charge in [-0.25, -0.2) is 9.48 Å². The van der Waals surface area contributed by atoms with Crippen LogP contribution in [-0.4, -0.2) is 40.2 Å². The molecule has 2 aromatic carbocycles. The summed E-state index contributed by atoms with van der Waals surface area (Å²) >= 11 is 1.55. The van der Waals surface area contributed by atoms with Gasteiger partial charge in [-0.05, 0) is 42.4 Å². The Morgan fingerprint density at radius 3 is 2.65 bits per heavy atom. The first-order chi connectivity index (χ1) is 18.0. The summed E-state index contributed by atoms with van der Waals surface area (Å²) in [6.07, 6.45) is 3.22. The minimum absolute atomic E-state index is 0.179. The van der Waals surface area contributed by atoms with Gasteiger partial charge in [-0.1, -0.05) is 74.8 Å². The minimum Gasteiger partial charge on any atom is -0.493 e. The Morgan fingerprint density at radius 2 is 1.92 bits per heavy atom. The van der Waals surface area contributed by atoms with Crippen LogP contribution in [0.4, 0.5) is 5.95 Å². The fraction of sp³-hybridized carbons (Fsp3) is 0.393. The molecule has 0 amide bonds. The SMILES string of the molecule is CCCCCOc1ccc(C2C(C(=O)OCc3ccccc3)=C(C)Nc3nc(SCC)nn32)cc1OC. The van der Waals surface area contributed by atoms with Gasteiger partial charge >= 0.3 is 5.97 Å². The van der Waals surface area contributed by atoms with Crippen LogP contribution >= 0.6 is 11.8 Å². The number of ether oxygens (including phenoxy) is 3. The van der Waals surface area contributed by atoms with Crippen LogP contribution in [0.2, 0.25) is 0 Å². The topological polar surface area (TPSA) is 87.5 Å². The molecule has 2 heterocycles. The standard InChI is InChI=1S/C28H34N4O4S/c1-5-7-11-16-35-22-15-14-21(17-23(22)34-4)25-24(26(33)36-18-20-12-9-8-10-13-20)19(3)29-27-30-28(37-6-2)31-32(25)27/h8-10,12-15,17,25H,5-7,11,16,18H2,1-4H3,(H,29,30,31). The van der Waals surface area contributed by atoms with E-state index in [1.807, 2.05) is 55.5 Å². The number of rotatable bonds is 12. The average Bonchev–Trinajstić information content (AvgIpc) is 3.31. The van der Waals surface area contributed by atoms with Gasteiger partial charge in [-0.15, -0.1) is 5.10 Å². The van der Waals surface area contributed by atoms with E-state index in [0.29, 0.717) is 40.5 Å². The van der Waals surface area contributed by atoms with Crippen LogP contribution in [0.3, 0.4) is 0 Å². The van der Waals surface area contributed by atoms with Crippen molar-refractivity contribution in [2.45, 2.75) is 57.8 Å². The van der Waals surface area contributed by atoms with E-state index >= 15 is 0 Å². The minimum atomic E-state index is -0.540. The van der Waals surface area contributed by atoms with Gasteiger partial charge in [0, 0.05) is 5.70 Å². The maximum atomic E-state index is 13.5. The second kappa shape index (κ2) is 12.7. The zero-order valence-corrected chi connectivity index (χ0v) is 22.6. The zero-order chi connectivity index (χ0) is 26.2. The van der Waals surface area contributed by atoms with E-state index < -0.39 is 12.0 Å². The number of methoxy groups -OCH3 is 1. The highest BCUT2D eigenvalue weighted by Crippen LogP contribution is 2.40. The number of benzene rings is 2. The monoisotopic (exact) mass is 522 g/mol. The van der Waals surface area contributed by atoms with Crippen LogP contribution in [0.5, 0.6) is 11.5 Å². The molecule has 0 bridgehead atoms. The number of carbonyl (C=O) groups is 1. The normalized spacial score (nSPS) is 14.6. The molecule has 0 saturated heterocycles. The van der Waals surface area contributed by atoms with E-state index in [2.05, 4.69) is 24.1 Å². The molecule has 0 spiro atoms. The van der Waals surface area contributed by atoms with E-state index in [-0.39, 0.29) is 6.61 Å². The van der Waals surface area contributed by atoms with Crippen molar-refractivity contribution >= 4 is 23.7 Å². The number of fused-ring (bicyclic) bond motifs is 1. The smallest absolute Gasteiger partial charge is 0.338 e. The zero-order valence-electron chi connectivity index (χ0n) is 21.8. The number of allylic oxidation sites excluding steroid dienone is 1. The number of unbranched alkanes of at least 4 members (excludes halogenated alkanes) is 2. The molecule has 1 aromatic heterocycles. The number of hydrogen-bond donors (Lipinski definition) is 1. The lowest BCUT2D eigenvalue weighted by molar-refractivity contribution is -0.140. The second-order valence-corrected chi connectivity index (χ2v) is 9.92. The predicted octanol–water partition coefficient (Wildman–Crippen LogP) is 6.00. The summed E-state index contributed by atoms with van der Waals surface area (Å²) in [6, 6.07) is 14.8.